The molecular weight excluding hydrogens is 367 g/mol. The van der Waals surface area contributed by atoms with Crippen molar-refractivity contribution in [2.24, 2.45) is 5.92 Å². The van der Waals surface area contributed by atoms with Crippen LogP contribution in [-0.2, 0) is 4.74 Å². The van der Waals surface area contributed by atoms with E-state index in [9.17, 15) is 4.79 Å². The molecule has 2 heterocycles. The fourth-order valence-corrected chi connectivity index (χ4v) is 2.61. The molecule has 1 aliphatic rings. The zero-order chi connectivity index (χ0) is 16.8. The van der Waals surface area contributed by atoms with E-state index in [1.54, 1.807) is 29.2 Å². The standard InChI is InChI=1S/C15H19ClN6O2.ClH/c16-12-1-2-14(22-10-18-9-20-22)13(5-12)21-15(23)19-7-11-6-17-3-4-24-8-11;/h1-2,5,9-11,17H,3-4,6-8H2,(H2,19,21,23);1H. The molecule has 1 aromatic carbocycles. The second-order valence-electron chi connectivity index (χ2n) is 5.48. The summed E-state index contributed by atoms with van der Waals surface area (Å²) < 4.78 is 7.04. The van der Waals surface area contributed by atoms with Crippen LogP contribution >= 0.6 is 24.0 Å². The monoisotopic (exact) mass is 386 g/mol. The normalized spacial score (nSPS) is 17.2. The molecule has 3 N–H and O–H groups in total. The molecule has 10 heteroatoms. The number of hydrogen-bond acceptors (Lipinski definition) is 5. The molecule has 0 aliphatic carbocycles. The highest BCUT2D eigenvalue weighted by atomic mass is 35.5. The van der Waals surface area contributed by atoms with Gasteiger partial charge in [-0.2, -0.15) is 5.10 Å². The Morgan fingerprint density at radius 3 is 3.16 bits per heavy atom. The third-order valence-electron chi connectivity index (χ3n) is 3.63. The molecule has 1 saturated heterocycles. The van der Waals surface area contributed by atoms with Crippen molar-refractivity contribution in [1.82, 2.24) is 25.4 Å². The molecule has 0 spiro atoms. The molecule has 25 heavy (non-hydrogen) atoms. The molecule has 1 aromatic heterocycles. The van der Waals surface area contributed by atoms with E-state index in [4.69, 9.17) is 16.3 Å². The van der Waals surface area contributed by atoms with Gasteiger partial charge in [0.05, 0.1) is 24.6 Å². The second kappa shape index (κ2) is 9.57. The maximum atomic E-state index is 12.2. The van der Waals surface area contributed by atoms with E-state index in [1.807, 2.05) is 0 Å². The zero-order valence-electron chi connectivity index (χ0n) is 13.4. The van der Waals surface area contributed by atoms with Crippen LogP contribution in [0.4, 0.5) is 10.5 Å². The fraction of sp³-hybridized carbons (Fsp3) is 0.400. The average Bonchev–Trinajstić information content (AvgIpc) is 2.97. The summed E-state index contributed by atoms with van der Waals surface area (Å²) in [6.45, 7) is 3.52. The van der Waals surface area contributed by atoms with Gasteiger partial charge in [-0.15, -0.1) is 12.4 Å². The van der Waals surface area contributed by atoms with Crippen LogP contribution in [0.1, 0.15) is 0 Å². The van der Waals surface area contributed by atoms with E-state index in [1.165, 1.54) is 6.33 Å². The van der Waals surface area contributed by atoms with E-state index in [0.717, 1.165) is 13.1 Å². The number of carbonyl (C=O) groups is 1. The van der Waals surface area contributed by atoms with Gasteiger partial charge in [-0.3, -0.25) is 0 Å². The van der Waals surface area contributed by atoms with Crippen molar-refractivity contribution in [2.45, 2.75) is 0 Å². The number of rotatable bonds is 4. The van der Waals surface area contributed by atoms with Crippen molar-refractivity contribution in [3.63, 3.8) is 0 Å². The lowest BCUT2D eigenvalue weighted by Crippen LogP contribution is -2.37. The van der Waals surface area contributed by atoms with Crippen LogP contribution in [0, 0.1) is 5.92 Å². The number of carbonyl (C=O) groups excluding carboxylic acids is 1. The molecular formula is C15H20Cl2N6O2. The largest absolute Gasteiger partial charge is 0.380 e. The lowest BCUT2D eigenvalue weighted by Gasteiger charge is -2.16. The van der Waals surface area contributed by atoms with Gasteiger partial charge in [0, 0.05) is 30.6 Å². The number of anilines is 1. The summed E-state index contributed by atoms with van der Waals surface area (Å²) in [6, 6.07) is 4.88. The predicted octanol–water partition coefficient (Wildman–Crippen LogP) is 1.70. The van der Waals surface area contributed by atoms with Crippen LogP contribution in [-0.4, -0.2) is 53.6 Å². The summed E-state index contributed by atoms with van der Waals surface area (Å²) in [4.78, 5) is 16.1. The molecule has 0 radical (unpaired) electrons. The first-order valence-corrected chi connectivity index (χ1v) is 8.08. The van der Waals surface area contributed by atoms with Crippen LogP contribution in [0.3, 0.4) is 0 Å². The van der Waals surface area contributed by atoms with Crippen molar-refractivity contribution in [2.75, 3.05) is 38.2 Å². The summed E-state index contributed by atoms with van der Waals surface area (Å²) in [6.07, 6.45) is 2.98. The van der Waals surface area contributed by atoms with E-state index in [-0.39, 0.29) is 24.4 Å². The molecule has 1 fully saturated rings. The van der Waals surface area contributed by atoms with Crippen LogP contribution in [0.25, 0.3) is 5.69 Å². The minimum absolute atomic E-state index is 0. The van der Waals surface area contributed by atoms with Crippen molar-refractivity contribution < 1.29 is 9.53 Å². The smallest absolute Gasteiger partial charge is 0.319 e. The third-order valence-corrected chi connectivity index (χ3v) is 3.87. The second-order valence-corrected chi connectivity index (χ2v) is 5.92. The highest BCUT2D eigenvalue weighted by molar-refractivity contribution is 6.31. The lowest BCUT2D eigenvalue weighted by atomic mass is 10.1. The summed E-state index contributed by atoms with van der Waals surface area (Å²) in [5.74, 6) is 0.243. The molecule has 1 unspecified atom stereocenters. The molecule has 8 nitrogen and oxygen atoms in total. The number of urea groups is 1. The van der Waals surface area contributed by atoms with Crippen LogP contribution in [0.5, 0.6) is 0 Å². The van der Waals surface area contributed by atoms with Crippen LogP contribution in [0.2, 0.25) is 5.02 Å². The van der Waals surface area contributed by atoms with Gasteiger partial charge in [0.15, 0.2) is 0 Å². The predicted molar refractivity (Wildman–Crippen MR) is 97.8 cm³/mol. The van der Waals surface area contributed by atoms with Crippen molar-refractivity contribution in [3.05, 3.63) is 35.9 Å². The van der Waals surface area contributed by atoms with Crippen LogP contribution < -0.4 is 16.0 Å². The number of amides is 2. The van der Waals surface area contributed by atoms with Gasteiger partial charge in [0.1, 0.15) is 12.7 Å². The van der Waals surface area contributed by atoms with Crippen LogP contribution in [0.15, 0.2) is 30.9 Å². The Morgan fingerprint density at radius 1 is 1.48 bits per heavy atom. The zero-order valence-corrected chi connectivity index (χ0v) is 15.0. The van der Waals surface area contributed by atoms with E-state index < -0.39 is 0 Å². The first-order valence-electron chi connectivity index (χ1n) is 7.70. The van der Waals surface area contributed by atoms with Crippen molar-refractivity contribution >= 4 is 35.7 Å². The lowest BCUT2D eigenvalue weighted by molar-refractivity contribution is 0.123. The molecule has 136 valence electrons. The Bertz CT molecular complexity index is 675. The SMILES string of the molecule is Cl.O=C(NCC1CNCCOC1)Nc1cc(Cl)ccc1-n1cncn1. The number of halogens is 2. The number of aromatic nitrogens is 3. The molecule has 0 bridgehead atoms. The summed E-state index contributed by atoms with van der Waals surface area (Å²) in [5, 5.41) is 13.5. The van der Waals surface area contributed by atoms with Gasteiger partial charge in [0.25, 0.3) is 0 Å². The van der Waals surface area contributed by atoms with Gasteiger partial charge in [0.2, 0.25) is 0 Å². The Kier molecular flexibility index (Phi) is 7.45. The van der Waals surface area contributed by atoms with E-state index >= 15 is 0 Å². The average molecular weight is 387 g/mol. The minimum Gasteiger partial charge on any atom is -0.380 e. The Labute approximate surface area is 156 Å². The number of hydrogen-bond donors (Lipinski definition) is 3. The molecule has 1 aliphatic heterocycles. The summed E-state index contributed by atoms with van der Waals surface area (Å²) >= 11 is 6.04. The molecule has 2 amide bonds. The van der Waals surface area contributed by atoms with E-state index in [0.29, 0.717) is 36.2 Å². The number of ether oxygens (including phenoxy) is 1. The maximum Gasteiger partial charge on any atom is 0.319 e. The molecule has 3 rings (SSSR count). The summed E-state index contributed by atoms with van der Waals surface area (Å²) in [5.41, 5.74) is 1.24. The topological polar surface area (TPSA) is 93.1 Å². The quantitative estimate of drug-likeness (QED) is 0.743. The number of nitrogens with one attached hydrogen (secondary N) is 3. The number of nitrogens with zero attached hydrogens (tertiary/aromatic N) is 3. The Balaban J connectivity index is 0.00000225. The Hall–Kier alpha value is -1.87. The van der Waals surface area contributed by atoms with Crippen molar-refractivity contribution in [1.29, 1.82) is 0 Å². The molecule has 0 saturated carbocycles. The Morgan fingerprint density at radius 2 is 2.36 bits per heavy atom. The van der Waals surface area contributed by atoms with Crippen molar-refractivity contribution in [3.8, 4) is 5.69 Å². The highest BCUT2D eigenvalue weighted by Crippen LogP contribution is 2.23. The van der Waals surface area contributed by atoms with Gasteiger partial charge < -0.3 is 20.7 Å². The third kappa shape index (κ3) is 5.57. The minimum atomic E-state index is -0.303. The molecule has 2 aromatic rings. The summed E-state index contributed by atoms with van der Waals surface area (Å²) in [7, 11) is 0. The molecule has 1 atom stereocenters. The first-order chi connectivity index (χ1) is 11.7. The van der Waals surface area contributed by atoms with Gasteiger partial charge >= 0.3 is 6.03 Å². The van der Waals surface area contributed by atoms with Gasteiger partial charge in [-0.25, -0.2) is 14.5 Å². The number of benzene rings is 1. The van der Waals surface area contributed by atoms with Gasteiger partial charge in [-0.05, 0) is 18.2 Å². The van der Waals surface area contributed by atoms with Gasteiger partial charge in [-0.1, -0.05) is 11.6 Å². The first kappa shape index (κ1) is 19.5. The fourth-order valence-electron chi connectivity index (χ4n) is 2.43. The highest BCUT2D eigenvalue weighted by Gasteiger charge is 2.14. The maximum absolute atomic E-state index is 12.2. The van der Waals surface area contributed by atoms with E-state index in [2.05, 4.69) is 26.0 Å².